The van der Waals surface area contributed by atoms with Crippen LogP contribution in [0.4, 0.5) is 0 Å². The first-order valence-corrected chi connectivity index (χ1v) is 10.0. The summed E-state index contributed by atoms with van der Waals surface area (Å²) < 4.78 is 1.74. The molecule has 0 spiro atoms. The van der Waals surface area contributed by atoms with Crippen molar-refractivity contribution in [3.8, 4) is 17.1 Å². The van der Waals surface area contributed by atoms with E-state index in [1.165, 1.54) is 0 Å². The van der Waals surface area contributed by atoms with E-state index in [2.05, 4.69) is 10.1 Å². The fourth-order valence-electron chi connectivity index (χ4n) is 2.99. The number of rotatable bonds is 6. The molecule has 0 saturated heterocycles. The van der Waals surface area contributed by atoms with Gasteiger partial charge in [-0.3, -0.25) is 4.79 Å². The van der Waals surface area contributed by atoms with E-state index in [1.54, 1.807) is 20.9 Å². The number of thiophene rings is 1. The highest BCUT2D eigenvalue weighted by Crippen LogP contribution is 2.22. The van der Waals surface area contributed by atoms with Gasteiger partial charge in [0.1, 0.15) is 0 Å². The van der Waals surface area contributed by atoms with Gasteiger partial charge >= 0.3 is 0 Å². The van der Waals surface area contributed by atoms with E-state index < -0.39 is 0 Å². The van der Waals surface area contributed by atoms with Crippen LogP contribution in [0.1, 0.15) is 22.4 Å². The monoisotopic (exact) mass is 388 g/mol. The maximum Gasteiger partial charge on any atom is 0.293 e. The Kier molecular flexibility index (Phi) is 5.30. The van der Waals surface area contributed by atoms with Crippen LogP contribution < -0.4 is 0 Å². The van der Waals surface area contributed by atoms with Crippen LogP contribution in [0.15, 0.2) is 78.2 Å². The van der Waals surface area contributed by atoms with Gasteiger partial charge in [-0.25, -0.2) is 9.67 Å². The van der Waals surface area contributed by atoms with Crippen LogP contribution in [0.3, 0.4) is 0 Å². The van der Waals surface area contributed by atoms with Gasteiger partial charge in [0.2, 0.25) is 5.82 Å². The zero-order chi connectivity index (χ0) is 19.3. The summed E-state index contributed by atoms with van der Waals surface area (Å²) in [6.07, 6.45) is 0. The van der Waals surface area contributed by atoms with Gasteiger partial charge in [-0.05, 0) is 30.5 Å². The molecule has 0 aliphatic carbocycles. The molecule has 0 fully saturated rings. The first-order chi connectivity index (χ1) is 13.8. The second-order valence-electron chi connectivity index (χ2n) is 6.27. The summed E-state index contributed by atoms with van der Waals surface area (Å²) in [5.41, 5.74) is 1.79. The van der Waals surface area contributed by atoms with Crippen molar-refractivity contribution in [2.45, 2.75) is 13.5 Å². The van der Waals surface area contributed by atoms with E-state index in [9.17, 15) is 4.79 Å². The highest BCUT2D eigenvalue weighted by molar-refractivity contribution is 7.09. The molecule has 0 N–H and O–H groups in total. The van der Waals surface area contributed by atoms with Gasteiger partial charge in [0.25, 0.3) is 5.91 Å². The molecule has 1 amide bonds. The molecule has 0 aliphatic heterocycles. The topological polar surface area (TPSA) is 51.0 Å². The van der Waals surface area contributed by atoms with Gasteiger partial charge in [-0.15, -0.1) is 16.4 Å². The van der Waals surface area contributed by atoms with Crippen LogP contribution in [0.5, 0.6) is 0 Å². The van der Waals surface area contributed by atoms with Crippen LogP contribution in [0.2, 0.25) is 0 Å². The second-order valence-corrected chi connectivity index (χ2v) is 7.30. The van der Waals surface area contributed by atoms with E-state index in [-0.39, 0.29) is 11.7 Å². The summed E-state index contributed by atoms with van der Waals surface area (Å²) in [4.78, 5) is 20.7. The molecule has 0 unspecified atom stereocenters. The quantitative estimate of drug-likeness (QED) is 0.483. The Morgan fingerprint density at radius 1 is 1.00 bits per heavy atom. The first kappa shape index (κ1) is 18.1. The molecule has 0 aliphatic rings. The van der Waals surface area contributed by atoms with Gasteiger partial charge in [0, 0.05) is 17.0 Å². The molecule has 5 nitrogen and oxygen atoms in total. The van der Waals surface area contributed by atoms with Gasteiger partial charge in [0.05, 0.1) is 12.2 Å². The van der Waals surface area contributed by atoms with Crippen molar-refractivity contribution in [3.63, 3.8) is 0 Å². The van der Waals surface area contributed by atoms with Crippen molar-refractivity contribution < 1.29 is 4.79 Å². The molecule has 0 atom stereocenters. The van der Waals surface area contributed by atoms with Crippen LogP contribution in [0, 0.1) is 0 Å². The number of carbonyl (C=O) groups is 1. The molecule has 0 bridgehead atoms. The summed E-state index contributed by atoms with van der Waals surface area (Å²) in [5, 5.41) is 6.59. The molecule has 4 aromatic rings. The lowest BCUT2D eigenvalue weighted by molar-refractivity contribution is 0.0742. The Morgan fingerprint density at radius 2 is 1.71 bits per heavy atom. The molecular formula is C22H20N4OS. The van der Waals surface area contributed by atoms with Crippen molar-refractivity contribution in [3.05, 3.63) is 88.9 Å². The predicted octanol–water partition coefficient (Wildman–Crippen LogP) is 4.66. The first-order valence-electron chi connectivity index (χ1n) is 9.16. The Bertz CT molecular complexity index is 986. The summed E-state index contributed by atoms with van der Waals surface area (Å²) in [5.74, 6) is 0.700. The zero-order valence-electron chi connectivity index (χ0n) is 15.5. The van der Waals surface area contributed by atoms with E-state index in [4.69, 9.17) is 0 Å². The Labute approximate surface area is 167 Å². The number of aromatic nitrogens is 3. The molecule has 2 heterocycles. The predicted molar refractivity (Wildman–Crippen MR) is 112 cm³/mol. The number of carbonyl (C=O) groups excluding carboxylic acids is 1. The van der Waals surface area contributed by atoms with Crippen LogP contribution in [-0.2, 0) is 6.54 Å². The van der Waals surface area contributed by atoms with Gasteiger partial charge in [-0.1, -0.05) is 54.6 Å². The number of benzene rings is 2. The lowest BCUT2D eigenvalue weighted by Gasteiger charge is -2.18. The average molecular weight is 388 g/mol. The standard InChI is InChI=1S/C22H20N4OS/c1-2-25(16-19-14-9-15-28-19)22(27)20-23-21(17-10-5-3-6-11-17)26(24-20)18-12-7-4-8-13-18/h3-15H,2,16H2,1H3. The largest absolute Gasteiger partial charge is 0.331 e. The van der Waals surface area contributed by atoms with Gasteiger partial charge < -0.3 is 4.90 Å². The molecule has 6 heteroatoms. The van der Waals surface area contributed by atoms with Crippen molar-refractivity contribution in [2.75, 3.05) is 6.54 Å². The molecule has 2 aromatic carbocycles. The fourth-order valence-corrected chi connectivity index (χ4v) is 3.70. The smallest absolute Gasteiger partial charge is 0.293 e. The highest BCUT2D eigenvalue weighted by Gasteiger charge is 2.23. The highest BCUT2D eigenvalue weighted by atomic mass is 32.1. The third-order valence-corrected chi connectivity index (χ3v) is 5.29. The van der Waals surface area contributed by atoms with E-state index >= 15 is 0 Å². The number of hydrogen-bond donors (Lipinski definition) is 0. The van der Waals surface area contributed by atoms with Gasteiger partial charge in [0.15, 0.2) is 5.82 Å². The normalized spacial score (nSPS) is 10.8. The number of nitrogens with zero attached hydrogens (tertiary/aromatic N) is 4. The third kappa shape index (κ3) is 3.73. The van der Waals surface area contributed by atoms with Crippen LogP contribution >= 0.6 is 11.3 Å². The number of para-hydroxylation sites is 1. The minimum atomic E-state index is -0.164. The van der Waals surface area contributed by atoms with E-state index in [0.717, 1.165) is 16.1 Å². The number of hydrogen-bond acceptors (Lipinski definition) is 4. The Balaban J connectivity index is 1.73. The summed E-state index contributed by atoms with van der Waals surface area (Å²) in [6.45, 7) is 3.13. The van der Waals surface area contributed by atoms with E-state index in [1.807, 2.05) is 85.1 Å². The summed E-state index contributed by atoms with van der Waals surface area (Å²) in [7, 11) is 0. The maximum absolute atomic E-state index is 13.1. The molecular weight excluding hydrogens is 368 g/mol. The Hall–Kier alpha value is -3.25. The molecule has 28 heavy (non-hydrogen) atoms. The summed E-state index contributed by atoms with van der Waals surface area (Å²) >= 11 is 1.64. The van der Waals surface area contributed by atoms with Crippen molar-refractivity contribution in [1.29, 1.82) is 0 Å². The van der Waals surface area contributed by atoms with Crippen molar-refractivity contribution in [2.24, 2.45) is 0 Å². The maximum atomic E-state index is 13.1. The van der Waals surface area contributed by atoms with Crippen LogP contribution in [0.25, 0.3) is 17.1 Å². The van der Waals surface area contributed by atoms with E-state index in [0.29, 0.717) is 18.9 Å². The molecule has 2 aromatic heterocycles. The zero-order valence-corrected chi connectivity index (χ0v) is 16.3. The SMILES string of the molecule is CCN(Cc1cccs1)C(=O)c1nc(-c2ccccc2)n(-c2ccccc2)n1. The molecule has 4 rings (SSSR count). The fraction of sp³-hybridized carbons (Fsp3) is 0.136. The second kappa shape index (κ2) is 8.19. The minimum Gasteiger partial charge on any atom is -0.331 e. The van der Waals surface area contributed by atoms with Gasteiger partial charge in [-0.2, -0.15) is 0 Å². The minimum absolute atomic E-state index is 0.164. The lowest BCUT2D eigenvalue weighted by atomic mass is 10.2. The molecule has 140 valence electrons. The van der Waals surface area contributed by atoms with Crippen molar-refractivity contribution >= 4 is 17.2 Å². The molecule has 0 radical (unpaired) electrons. The average Bonchev–Trinajstić information content (AvgIpc) is 3.43. The number of amides is 1. The molecule has 0 saturated carbocycles. The van der Waals surface area contributed by atoms with Crippen LogP contribution in [-0.4, -0.2) is 32.1 Å². The summed E-state index contributed by atoms with van der Waals surface area (Å²) in [6, 6.07) is 23.6. The van der Waals surface area contributed by atoms with Crippen molar-refractivity contribution in [1.82, 2.24) is 19.7 Å². The lowest BCUT2D eigenvalue weighted by Crippen LogP contribution is -2.31. The Morgan fingerprint density at radius 3 is 2.36 bits per heavy atom. The third-order valence-electron chi connectivity index (χ3n) is 4.43.